The molecule has 1 atom stereocenters. The maximum atomic E-state index is 12.3. The van der Waals surface area contributed by atoms with Crippen molar-refractivity contribution in [3.05, 3.63) is 95.1 Å². The molecule has 2 amide bonds. The molecule has 3 N–H and O–H groups in total. The van der Waals surface area contributed by atoms with Gasteiger partial charge >= 0.3 is 12.1 Å². The van der Waals surface area contributed by atoms with Crippen molar-refractivity contribution in [2.75, 3.05) is 13.2 Å². The highest BCUT2D eigenvalue weighted by Gasteiger charge is 2.28. The molecule has 1 aliphatic carbocycles. The molecule has 0 saturated heterocycles. The SMILES string of the molecule is CC(CC(=O)O)NC(=O)c1ccc(CCNC(=O)OCC2c3ccccc3-c3ccccc32)cc1. The molecule has 0 bridgehead atoms. The first-order valence-electron chi connectivity index (χ1n) is 11.6. The van der Waals surface area contributed by atoms with E-state index in [1.54, 1.807) is 19.1 Å². The van der Waals surface area contributed by atoms with Crippen LogP contribution in [0, 0.1) is 0 Å². The van der Waals surface area contributed by atoms with Crippen LogP contribution in [-0.2, 0) is 16.0 Å². The number of carbonyl (C=O) groups excluding carboxylic acids is 2. The molecule has 0 fully saturated rings. The van der Waals surface area contributed by atoms with Crippen molar-refractivity contribution in [3.63, 3.8) is 0 Å². The Kier molecular flexibility index (Phi) is 7.45. The number of rotatable bonds is 9. The predicted octanol–water partition coefficient (Wildman–Crippen LogP) is 4.36. The predicted molar refractivity (Wildman–Crippen MR) is 132 cm³/mol. The molecule has 3 aromatic rings. The molecule has 7 heteroatoms. The number of hydrogen-bond donors (Lipinski definition) is 3. The Morgan fingerprint density at radius 3 is 2.11 bits per heavy atom. The fourth-order valence-electron chi connectivity index (χ4n) is 4.40. The Bertz CT molecular complexity index is 1180. The van der Waals surface area contributed by atoms with Crippen LogP contribution in [0.3, 0.4) is 0 Å². The maximum Gasteiger partial charge on any atom is 0.407 e. The second-order valence-corrected chi connectivity index (χ2v) is 8.67. The summed E-state index contributed by atoms with van der Waals surface area (Å²) < 4.78 is 5.55. The minimum absolute atomic E-state index is 0.0186. The second-order valence-electron chi connectivity index (χ2n) is 8.67. The lowest BCUT2D eigenvalue weighted by atomic mass is 9.98. The number of ether oxygens (including phenoxy) is 1. The molecule has 4 rings (SSSR count). The van der Waals surface area contributed by atoms with E-state index in [0.29, 0.717) is 18.5 Å². The van der Waals surface area contributed by atoms with Gasteiger partial charge in [0.25, 0.3) is 5.91 Å². The summed E-state index contributed by atoms with van der Waals surface area (Å²) in [4.78, 5) is 35.3. The van der Waals surface area contributed by atoms with Gasteiger partial charge in [-0.15, -0.1) is 0 Å². The van der Waals surface area contributed by atoms with Crippen LogP contribution >= 0.6 is 0 Å². The van der Waals surface area contributed by atoms with E-state index < -0.39 is 18.1 Å². The minimum atomic E-state index is -0.961. The van der Waals surface area contributed by atoms with Crippen LogP contribution in [0.4, 0.5) is 4.79 Å². The van der Waals surface area contributed by atoms with Gasteiger partial charge in [0.15, 0.2) is 0 Å². The fourth-order valence-corrected chi connectivity index (χ4v) is 4.40. The van der Waals surface area contributed by atoms with E-state index >= 15 is 0 Å². The molecule has 7 nitrogen and oxygen atoms in total. The molecule has 1 unspecified atom stereocenters. The molecule has 1 aliphatic rings. The van der Waals surface area contributed by atoms with Crippen molar-refractivity contribution >= 4 is 18.0 Å². The van der Waals surface area contributed by atoms with Crippen LogP contribution in [0.1, 0.15) is 46.3 Å². The summed E-state index contributed by atoms with van der Waals surface area (Å²) in [5, 5.41) is 14.3. The van der Waals surface area contributed by atoms with Gasteiger partial charge < -0.3 is 20.5 Å². The van der Waals surface area contributed by atoms with Crippen LogP contribution < -0.4 is 10.6 Å². The lowest BCUT2D eigenvalue weighted by Gasteiger charge is -2.14. The molecule has 35 heavy (non-hydrogen) atoms. The van der Waals surface area contributed by atoms with Crippen molar-refractivity contribution in [3.8, 4) is 11.1 Å². The zero-order valence-corrected chi connectivity index (χ0v) is 19.5. The van der Waals surface area contributed by atoms with Crippen LogP contribution in [0.2, 0.25) is 0 Å². The van der Waals surface area contributed by atoms with E-state index in [4.69, 9.17) is 9.84 Å². The van der Waals surface area contributed by atoms with Crippen LogP contribution in [0.15, 0.2) is 72.8 Å². The quantitative estimate of drug-likeness (QED) is 0.429. The van der Waals surface area contributed by atoms with Crippen molar-refractivity contribution < 1.29 is 24.2 Å². The van der Waals surface area contributed by atoms with Gasteiger partial charge in [-0.05, 0) is 53.3 Å². The summed E-state index contributed by atoms with van der Waals surface area (Å²) in [5.74, 6) is -1.26. The first kappa shape index (κ1) is 24.0. The van der Waals surface area contributed by atoms with Crippen molar-refractivity contribution in [2.45, 2.75) is 31.7 Å². The zero-order chi connectivity index (χ0) is 24.8. The molecule has 0 radical (unpaired) electrons. The van der Waals surface area contributed by atoms with Crippen molar-refractivity contribution in [2.24, 2.45) is 0 Å². The van der Waals surface area contributed by atoms with E-state index in [1.807, 2.05) is 36.4 Å². The average Bonchev–Trinajstić information content (AvgIpc) is 3.16. The number of alkyl carbamates (subject to hydrolysis) is 1. The Labute approximate surface area is 204 Å². The van der Waals surface area contributed by atoms with Gasteiger partial charge in [0, 0.05) is 24.1 Å². The molecule has 180 valence electrons. The summed E-state index contributed by atoms with van der Waals surface area (Å²) >= 11 is 0. The number of carboxylic acids is 1. The zero-order valence-electron chi connectivity index (χ0n) is 19.5. The summed E-state index contributed by atoms with van der Waals surface area (Å²) in [7, 11) is 0. The third kappa shape index (κ3) is 5.87. The van der Waals surface area contributed by atoms with Crippen LogP contribution in [0.5, 0.6) is 0 Å². The molecule has 3 aromatic carbocycles. The highest BCUT2D eigenvalue weighted by Crippen LogP contribution is 2.44. The molecular weight excluding hydrogens is 444 g/mol. The van der Waals surface area contributed by atoms with Crippen molar-refractivity contribution in [1.29, 1.82) is 0 Å². The van der Waals surface area contributed by atoms with Crippen LogP contribution in [-0.4, -0.2) is 42.3 Å². The Morgan fingerprint density at radius 1 is 0.914 bits per heavy atom. The standard InChI is InChI=1S/C28H28N2O5/c1-18(16-26(31)32)30-27(33)20-12-10-19(11-13-20)14-15-29-28(34)35-17-25-23-8-4-2-6-21(23)22-7-3-5-9-24(22)25/h2-13,18,25H,14-17H2,1H3,(H,29,34)(H,30,33)(H,31,32). The number of hydrogen-bond acceptors (Lipinski definition) is 4. The second kappa shape index (κ2) is 10.9. The Morgan fingerprint density at radius 2 is 1.51 bits per heavy atom. The Hall–Kier alpha value is -4.13. The van der Waals surface area contributed by atoms with E-state index in [2.05, 4.69) is 34.9 Å². The lowest BCUT2D eigenvalue weighted by Crippen LogP contribution is -2.34. The molecule has 0 spiro atoms. The van der Waals surface area contributed by atoms with Gasteiger partial charge in [0.1, 0.15) is 6.61 Å². The first-order valence-corrected chi connectivity index (χ1v) is 11.6. The third-order valence-electron chi connectivity index (χ3n) is 6.10. The minimum Gasteiger partial charge on any atom is -0.481 e. The molecule has 0 saturated carbocycles. The highest BCUT2D eigenvalue weighted by atomic mass is 16.5. The molecule has 0 heterocycles. The normalized spacial score (nSPS) is 12.8. The van der Waals surface area contributed by atoms with Gasteiger partial charge in [0.05, 0.1) is 6.42 Å². The van der Waals surface area contributed by atoms with E-state index in [1.165, 1.54) is 22.3 Å². The number of nitrogens with one attached hydrogen (secondary N) is 2. The molecule has 0 aromatic heterocycles. The summed E-state index contributed by atoms with van der Waals surface area (Å²) in [6.07, 6.45) is -0.0114. The van der Waals surface area contributed by atoms with E-state index in [-0.39, 0.29) is 24.9 Å². The Balaban J connectivity index is 1.24. The third-order valence-corrected chi connectivity index (χ3v) is 6.10. The summed E-state index contributed by atoms with van der Waals surface area (Å²) in [5.41, 5.74) is 6.12. The summed E-state index contributed by atoms with van der Waals surface area (Å²) in [6, 6.07) is 22.9. The largest absolute Gasteiger partial charge is 0.481 e. The number of carboxylic acid groups (broad SMARTS) is 1. The lowest BCUT2D eigenvalue weighted by molar-refractivity contribution is -0.137. The van der Waals surface area contributed by atoms with Crippen molar-refractivity contribution in [1.82, 2.24) is 10.6 Å². The smallest absolute Gasteiger partial charge is 0.407 e. The number of amides is 2. The monoisotopic (exact) mass is 472 g/mol. The maximum absolute atomic E-state index is 12.3. The first-order chi connectivity index (χ1) is 16.9. The number of aliphatic carboxylic acids is 1. The highest BCUT2D eigenvalue weighted by molar-refractivity contribution is 5.94. The van der Waals surface area contributed by atoms with E-state index in [0.717, 1.165) is 5.56 Å². The van der Waals surface area contributed by atoms with Gasteiger partial charge in [-0.25, -0.2) is 4.79 Å². The van der Waals surface area contributed by atoms with E-state index in [9.17, 15) is 14.4 Å². The van der Waals surface area contributed by atoms with Crippen LogP contribution in [0.25, 0.3) is 11.1 Å². The average molecular weight is 473 g/mol. The van der Waals surface area contributed by atoms with Gasteiger partial charge in [0.2, 0.25) is 0 Å². The van der Waals surface area contributed by atoms with Gasteiger partial charge in [-0.3, -0.25) is 9.59 Å². The topological polar surface area (TPSA) is 105 Å². The molecule has 0 aliphatic heterocycles. The number of carbonyl (C=O) groups is 3. The summed E-state index contributed by atoms with van der Waals surface area (Å²) in [6.45, 7) is 2.32. The van der Waals surface area contributed by atoms with Gasteiger partial charge in [-0.2, -0.15) is 0 Å². The number of fused-ring (bicyclic) bond motifs is 3. The molecular formula is C28H28N2O5. The van der Waals surface area contributed by atoms with Gasteiger partial charge in [-0.1, -0.05) is 60.7 Å². The number of benzene rings is 3. The fraction of sp³-hybridized carbons (Fsp3) is 0.250.